The molecule has 0 unspecified atom stereocenters. The van der Waals surface area contributed by atoms with Crippen molar-refractivity contribution in [2.45, 2.75) is 6.41 Å². The molecule has 0 fully saturated rings. The molecule has 0 aliphatic rings. The van der Waals surface area contributed by atoms with Crippen LogP contribution in [-0.4, -0.2) is 16.6 Å². The van der Waals surface area contributed by atoms with Crippen molar-refractivity contribution in [3.63, 3.8) is 0 Å². The molecule has 0 aliphatic heterocycles. The Morgan fingerprint density at radius 1 is 1.60 bits per heavy atom. The summed E-state index contributed by atoms with van der Waals surface area (Å²) < 4.78 is 0. The number of aliphatic hydroxyl groups excluding tert-OH is 1. The van der Waals surface area contributed by atoms with Crippen LogP contribution in [-0.2, 0) is 0 Å². The lowest BCUT2D eigenvalue weighted by molar-refractivity contribution is -0.711. The van der Waals surface area contributed by atoms with Gasteiger partial charge in [0.25, 0.3) is 0 Å². The van der Waals surface area contributed by atoms with E-state index in [-0.39, 0.29) is 5.48 Å². The summed E-state index contributed by atoms with van der Waals surface area (Å²) in [5.74, 6) is 0. The van der Waals surface area contributed by atoms with E-state index >= 15 is 0 Å². The summed E-state index contributed by atoms with van der Waals surface area (Å²) in [7, 11) is 0. The second-order valence-corrected chi connectivity index (χ2v) is 0.550. The molecule has 0 saturated heterocycles. The smallest absolute Gasteiger partial charge is 0.300 e. The lowest BCUT2D eigenvalue weighted by Crippen LogP contribution is -2.84. The maximum Gasteiger partial charge on any atom is 0.300 e. The molecule has 0 spiro atoms. The molecule has 4 heteroatoms. The van der Waals surface area contributed by atoms with Crippen LogP contribution in [0.15, 0.2) is 0 Å². The van der Waals surface area contributed by atoms with Crippen LogP contribution in [0, 0.1) is 5.21 Å². The van der Waals surface area contributed by atoms with Gasteiger partial charge in [0.2, 0.25) is 0 Å². The van der Waals surface area contributed by atoms with Gasteiger partial charge in [-0.25, -0.2) is 0 Å². The molecule has 4 nitrogen and oxygen atoms in total. The number of hydroxylamine groups is 1. The minimum atomic E-state index is -1.80. The minimum absolute atomic E-state index is 0.0278. The van der Waals surface area contributed by atoms with Crippen molar-refractivity contribution in [3.8, 4) is 0 Å². The predicted molar refractivity (Wildman–Crippen MR) is 13.5 cm³/mol. The van der Waals surface area contributed by atoms with Crippen molar-refractivity contribution in [2.24, 2.45) is 0 Å². The fraction of sp³-hybridized carbons (Fsp3) is 1.00. The number of hydrogen-bond donors (Lipinski definition) is 3. The standard InChI is InChI=1S/CH5NO3/c3-1(4)2-5/h1,3-4H,2H2. The number of quaternary nitrogens is 1. The van der Waals surface area contributed by atoms with Crippen LogP contribution in [0.1, 0.15) is 0 Å². The van der Waals surface area contributed by atoms with Gasteiger partial charge in [-0.05, 0) is 0 Å². The molecular formula is CH5NO3. The second kappa shape index (κ2) is 2.10. The first-order chi connectivity index (χ1) is 2.27. The van der Waals surface area contributed by atoms with E-state index in [1.54, 1.807) is 0 Å². The van der Waals surface area contributed by atoms with Crippen LogP contribution < -0.4 is 5.48 Å². The first-order valence-electron chi connectivity index (χ1n) is 1.09. The third-order valence-corrected chi connectivity index (χ3v) is 0.122. The van der Waals surface area contributed by atoms with Crippen LogP contribution in [0.4, 0.5) is 0 Å². The minimum Gasteiger partial charge on any atom is -0.632 e. The quantitative estimate of drug-likeness (QED) is 0.236. The van der Waals surface area contributed by atoms with Gasteiger partial charge in [-0.3, -0.25) is 0 Å². The van der Waals surface area contributed by atoms with Gasteiger partial charge >= 0.3 is 6.41 Å². The third kappa shape index (κ3) is 3.84. The topological polar surface area (TPSA) is 80.1 Å². The third-order valence-electron chi connectivity index (χ3n) is 0.122. The van der Waals surface area contributed by atoms with E-state index in [1.807, 2.05) is 0 Å². The Kier molecular flexibility index (Phi) is 2.03. The van der Waals surface area contributed by atoms with Gasteiger partial charge in [-0.2, -0.15) is 0 Å². The summed E-state index contributed by atoms with van der Waals surface area (Å²) in [5.41, 5.74) is 0.0278. The second-order valence-electron chi connectivity index (χ2n) is 0.550. The normalized spacial score (nSPS) is 9.60. The number of nitrogens with two attached hydrogens (primary N) is 1. The van der Waals surface area contributed by atoms with Crippen LogP contribution in [0.3, 0.4) is 0 Å². The van der Waals surface area contributed by atoms with E-state index < -0.39 is 6.41 Å². The van der Waals surface area contributed by atoms with Crippen molar-refractivity contribution in [1.29, 1.82) is 0 Å². The highest BCUT2D eigenvalue weighted by atomic mass is 16.6. The zero-order valence-corrected chi connectivity index (χ0v) is 2.46. The molecule has 0 aromatic rings. The molecule has 0 aromatic heterocycles. The van der Waals surface area contributed by atoms with Crippen LogP contribution in [0.25, 0.3) is 0 Å². The summed E-state index contributed by atoms with van der Waals surface area (Å²) in [5, 5.41) is 24.1. The first kappa shape index (κ1) is 4.84. The monoisotopic (exact) mass is 79.0 g/mol. The highest BCUT2D eigenvalue weighted by molar-refractivity contribution is 3.89. The molecule has 0 bridgehead atoms. The zero-order valence-electron chi connectivity index (χ0n) is 2.46. The Bertz CT molecular complexity index is 20.9. The van der Waals surface area contributed by atoms with Crippen molar-refractivity contribution in [1.82, 2.24) is 0 Å². The van der Waals surface area contributed by atoms with Crippen LogP contribution >= 0.6 is 0 Å². The summed E-state index contributed by atoms with van der Waals surface area (Å²) >= 11 is 0. The molecule has 0 amide bonds. The van der Waals surface area contributed by atoms with E-state index in [4.69, 9.17) is 15.4 Å². The molecule has 0 rings (SSSR count). The zero-order chi connectivity index (χ0) is 4.28. The molecule has 0 saturated carbocycles. The fourth-order valence-corrected chi connectivity index (χ4v) is 0. The SMILES string of the molecule is [O-][NH2+]C(O)O. The van der Waals surface area contributed by atoms with Crippen molar-refractivity contribution < 1.29 is 15.7 Å². The number of hydrogen-bond acceptors (Lipinski definition) is 3. The largest absolute Gasteiger partial charge is 0.632 e. The Labute approximate surface area is 28.6 Å². The van der Waals surface area contributed by atoms with Gasteiger partial charge in [-0.15, -0.1) is 0 Å². The summed E-state index contributed by atoms with van der Waals surface area (Å²) in [6.07, 6.45) is -1.80. The molecule has 4 N–H and O–H groups in total. The molecule has 5 heavy (non-hydrogen) atoms. The van der Waals surface area contributed by atoms with Crippen molar-refractivity contribution in [2.75, 3.05) is 0 Å². The predicted octanol–water partition coefficient (Wildman–Crippen LogP) is -2.68. The Morgan fingerprint density at radius 3 is 1.80 bits per heavy atom. The van der Waals surface area contributed by atoms with Gasteiger partial charge in [0.15, 0.2) is 0 Å². The van der Waals surface area contributed by atoms with E-state index in [0.717, 1.165) is 0 Å². The highest BCUT2D eigenvalue weighted by Gasteiger charge is 1.81. The molecule has 0 radical (unpaired) electrons. The first-order valence-corrected chi connectivity index (χ1v) is 1.09. The highest BCUT2D eigenvalue weighted by Crippen LogP contribution is 1.38. The lowest BCUT2D eigenvalue weighted by Gasteiger charge is -1.99. The lowest BCUT2D eigenvalue weighted by atomic mass is 11.2. The van der Waals surface area contributed by atoms with Crippen molar-refractivity contribution >= 4 is 0 Å². The summed E-state index contributed by atoms with van der Waals surface area (Å²) in [6, 6.07) is 0. The Balaban J connectivity index is 2.54. The molecule has 0 aliphatic carbocycles. The van der Waals surface area contributed by atoms with Crippen molar-refractivity contribution in [3.05, 3.63) is 5.21 Å². The average Bonchev–Trinajstić information content (AvgIpc) is 1.38. The summed E-state index contributed by atoms with van der Waals surface area (Å²) in [6.45, 7) is 0. The number of rotatable bonds is 1. The average molecular weight is 79.1 g/mol. The molecule has 0 heterocycles. The molecular weight excluding hydrogens is 74.0 g/mol. The van der Waals surface area contributed by atoms with Gasteiger partial charge in [0.05, 0.1) is 0 Å². The number of aliphatic hydroxyl groups is 2. The molecule has 0 atom stereocenters. The van der Waals surface area contributed by atoms with Crippen LogP contribution in [0.2, 0.25) is 0 Å². The van der Waals surface area contributed by atoms with E-state index in [9.17, 15) is 0 Å². The van der Waals surface area contributed by atoms with Gasteiger partial charge in [-0.1, -0.05) is 0 Å². The van der Waals surface area contributed by atoms with Crippen LogP contribution in [0.5, 0.6) is 0 Å². The van der Waals surface area contributed by atoms with Gasteiger partial charge in [0, 0.05) is 0 Å². The maximum atomic E-state index is 9.00. The van der Waals surface area contributed by atoms with E-state index in [1.165, 1.54) is 0 Å². The van der Waals surface area contributed by atoms with Gasteiger partial charge in [0.1, 0.15) is 0 Å². The Hall–Kier alpha value is -0.160. The van der Waals surface area contributed by atoms with E-state index in [0.29, 0.717) is 0 Å². The Morgan fingerprint density at radius 2 is 1.80 bits per heavy atom. The summed E-state index contributed by atoms with van der Waals surface area (Å²) in [4.78, 5) is 0. The molecule has 0 aromatic carbocycles. The molecule has 32 valence electrons. The fourth-order valence-electron chi connectivity index (χ4n) is 0. The maximum absolute atomic E-state index is 9.00. The van der Waals surface area contributed by atoms with E-state index in [2.05, 4.69) is 0 Å². The van der Waals surface area contributed by atoms with Gasteiger partial charge < -0.3 is 20.9 Å².